The molecule has 0 saturated heterocycles. The summed E-state index contributed by atoms with van der Waals surface area (Å²) >= 11 is 0. The third kappa shape index (κ3) is 15.6. The van der Waals surface area contributed by atoms with Gasteiger partial charge in [0.1, 0.15) is 6.29 Å². The van der Waals surface area contributed by atoms with Crippen molar-refractivity contribution in [2.24, 2.45) is 5.73 Å². The SMILES string of the molecule is CCCCCCCCCCC(N)CCCCCC=O. The van der Waals surface area contributed by atoms with Crippen molar-refractivity contribution >= 4 is 6.29 Å². The summed E-state index contributed by atoms with van der Waals surface area (Å²) in [5.74, 6) is 0. The molecule has 2 heteroatoms. The molecule has 0 aliphatic carbocycles. The van der Waals surface area contributed by atoms with Crippen molar-refractivity contribution in [2.45, 2.75) is 103 Å². The zero-order valence-electron chi connectivity index (χ0n) is 13.0. The minimum atomic E-state index is 0.385. The summed E-state index contributed by atoms with van der Waals surface area (Å²) in [6, 6.07) is 0.385. The van der Waals surface area contributed by atoms with Crippen LogP contribution in [0.1, 0.15) is 96.8 Å². The van der Waals surface area contributed by atoms with Crippen LogP contribution in [0.4, 0.5) is 0 Å². The lowest BCUT2D eigenvalue weighted by molar-refractivity contribution is -0.107. The highest BCUT2D eigenvalue weighted by atomic mass is 16.1. The zero-order valence-corrected chi connectivity index (χ0v) is 13.0. The lowest BCUT2D eigenvalue weighted by atomic mass is 10.0. The maximum Gasteiger partial charge on any atom is 0.119 e. The van der Waals surface area contributed by atoms with Crippen LogP contribution >= 0.6 is 0 Å². The molecule has 2 nitrogen and oxygen atoms in total. The number of aldehydes is 1. The topological polar surface area (TPSA) is 43.1 Å². The smallest absolute Gasteiger partial charge is 0.119 e. The first-order valence-corrected chi connectivity index (χ1v) is 8.50. The van der Waals surface area contributed by atoms with Gasteiger partial charge < -0.3 is 10.5 Å². The maximum absolute atomic E-state index is 10.2. The quantitative estimate of drug-likeness (QED) is 0.336. The van der Waals surface area contributed by atoms with Gasteiger partial charge in [0.15, 0.2) is 0 Å². The van der Waals surface area contributed by atoms with E-state index in [1.807, 2.05) is 0 Å². The molecule has 1 unspecified atom stereocenters. The van der Waals surface area contributed by atoms with E-state index in [1.54, 1.807) is 0 Å². The first-order chi connectivity index (χ1) is 9.31. The predicted molar refractivity (Wildman–Crippen MR) is 84.4 cm³/mol. The average molecular weight is 269 g/mol. The minimum absolute atomic E-state index is 0.385. The number of unbranched alkanes of at least 4 members (excludes halogenated alkanes) is 10. The van der Waals surface area contributed by atoms with E-state index in [0.29, 0.717) is 12.5 Å². The average Bonchev–Trinajstić information content (AvgIpc) is 2.41. The van der Waals surface area contributed by atoms with Crippen molar-refractivity contribution in [1.29, 1.82) is 0 Å². The van der Waals surface area contributed by atoms with Gasteiger partial charge in [-0.1, -0.05) is 71.1 Å². The number of hydrogen-bond donors (Lipinski definition) is 1. The second kappa shape index (κ2) is 15.7. The summed E-state index contributed by atoms with van der Waals surface area (Å²) in [6.07, 6.45) is 18.4. The molecular weight excluding hydrogens is 234 g/mol. The van der Waals surface area contributed by atoms with Gasteiger partial charge in [0, 0.05) is 12.5 Å². The maximum atomic E-state index is 10.2. The van der Waals surface area contributed by atoms with Crippen molar-refractivity contribution in [3.8, 4) is 0 Å². The van der Waals surface area contributed by atoms with Gasteiger partial charge in [-0.15, -0.1) is 0 Å². The van der Waals surface area contributed by atoms with Crippen LogP contribution in [0.5, 0.6) is 0 Å². The monoisotopic (exact) mass is 269 g/mol. The number of nitrogens with two attached hydrogens (primary N) is 1. The summed E-state index contributed by atoms with van der Waals surface area (Å²) < 4.78 is 0. The van der Waals surface area contributed by atoms with Gasteiger partial charge in [-0.25, -0.2) is 0 Å². The second-order valence-corrected chi connectivity index (χ2v) is 5.83. The van der Waals surface area contributed by atoms with E-state index < -0.39 is 0 Å². The Morgan fingerprint density at radius 1 is 0.789 bits per heavy atom. The van der Waals surface area contributed by atoms with Crippen LogP contribution in [0, 0.1) is 0 Å². The third-order valence-electron chi connectivity index (χ3n) is 3.83. The van der Waals surface area contributed by atoms with E-state index in [1.165, 1.54) is 64.2 Å². The second-order valence-electron chi connectivity index (χ2n) is 5.83. The number of carbonyl (C=O) groups excluding carboxylic acids is 1. The number of carbonyl (C=O) groups is 1. The summed E-state index contributed by atoms with van der Waals surface area (Å²) in [5.41, 5.74) is 6.10. The fourth-order valence-electron chi connectivity index (χ4n) is 2.50. The third-order valence-corrected chi connectivity index (χ3v) is 3.83. The molecule has 0 aliphatic heterocycles. The van der Waals surface area contributed by atoms with Crippen LogP contribution in [0.3, 0.4) is 0 Å². The van der Waals surface area contributed by atoms with Crippen LogP contribution < -0.4 is 5.73 Å². The fraction of sp³-hybridized carbons (Fsp3) is 0.941. The van der Waals surface area contributed by atoms with E-state index in [9.17, 15) is 4.79 Å². The van der Waals surface area contributed by atoms with Gasteiger partial charge in [0.05, 0.1) is 0 Å². The molecule has 0 amide bonds. The minimum Gasteiger partial charge on any atom is -0.328 e. The van der Waals surface area contributed by atoms with Crippen molar-refractivity contribution < 1.29 is 4.79 Å². The molecule has 0 radical (unpaired) electrons. The molecule has 0 spiro atoms. The molecule has 0 aromatic carbocycles. The Hall–Kier alpha value is -0.370. The molecular formula is C17H35NO. The molecule has 0 saturated carbocycles. The van der Waals surface area contributed by atoms with Crippen molar-refractivity contribution in [1.82, 2.24) is 0 Å². The van der Waals surface area contributed by atoms with E-state index in [0.717, 1.165) is 25.5 Å². The van der Waals surface area contributed by atoms with Crippen molar-refractivity contribution in [2.75, 3.05) is 0 Å². The largest absolute Gasteiger partial charge is 0.328 e. The Bertz CT molecular complexity index is 182. The Morgan fingerprint density at radius 3 is 1.79 bits per heavy atom. The molecule has 19 heavy (non-hydrogen) atoms. The molecule has 0 fully saturated rings. The van der Waals surface area contributed by atoms with Crippen LogP contribution in [0.2, 0.25) is 0 Å². The van der Waals surface area contributed by atoms with Crippen LogP contribution in [-0.4, -0.2) is 12.3 Å². The van der Waals surface area contributed by atoms with E-state index in [4.69, 9.17) is 5.73 Å². The molecule has 0 aromatic rings. The molecule has 0 bridgehead atoms. The molecule has 1 atom stereocenters. The molecule has 0 rings (SSSR count). The number of hydrogen-bond acceptors (Lipinski definition) is 2. The molecule has 0 aromatic heterocycles. The molecule has 2 N–H and O–H groups in total. The zero-order chi connectivity index (χ0) is 14.2. The van der Waals surface area contributed by atoms with Gasteiger partial charge in [-0.3, -0.25) is 0 Å². The Balaban J connectivity index is 3.11. The Labute approximate surface area is 120 Å². The highest BCUT2D eigenvalue weighted by Crippen LogP contribution is 2.12. The van der Waals surface area contributed by atoms with Gasteiger partial charge in [-0.2, -0.15) is 0 Å². The first-order valence-electron chi connectivity index (χ1n) is 8.50. The van der Waals surface area contributed by atoms with Gasteiger partial charge in [0.2, 0.25) is 0 Å². The predicted octanol–water partition coefficient (Wildman–Crippen LogP) is 4.99. The summed E-state index contributed by atoms with van der Waals surface area (Å²) in [6.45, 7) is 2.26. The molecule has 114 valence electrons. The standard InChI is InChI=1S/C17H35NO/c1-2-3-4-5-6-7-8-11-14-17(18)15-12-9-10-13-16-19/h16-17H,2-15,18H2,1H3. The van der Waals surface area contributed by atoms with Crippen LogP contribution in [-0.2, 0) is 4.79 Å². The summed E-state index contributed by atoms with van der Waals surface area (Å²) in [5, 5.41) is 0. The Kier molecular flexibility index (Phi) is 15.4. The highest BCUT2D eigenvalue weighted by molar-refractivity contribution is 5.48. The summed E-state index contributed by atoms with van der Waals surface area (Å²) in [4.78, 5) is 10.2. The lowest BCUT2D eigenvalue weighted by Crippen LogP contribution is -2.19. The normalized spacial score (nSPS) is 12.5. The van der Waals surface area contributed by atoms with Gasteiger partial charge in [-0.05, 0) is 19.3 Å². The highest BCUT2D eigenvalue weighted by Gasteiger charge is 2.02. The fourth-order valence-corrected chi connectivity index (χ4v) is 2.50. The van der Waals surface area contributed by atoms with E-state index in [-0.39, 0.29) is 0 Å². The molecule has 0 aliphatic rings. The van der Waals surface area contributed by atoms with Crippen molar-refractivity contribution in [3.63, 3.8) is 0 Å². The van der Waals surface area contributed by atoms with Crippen molar-refractivity contribution in [3.05, 3.63) is 0 Å². The van der Waals surface area contributed by atoms with Crippen LogP contribution in [0.15, 0.2) is 0 Å². The first kappa shape index (κ1) is 18.6. The summed E-state index contributed by atoms with van der Waals surface area (Å²) in [7, 11) is 0. The van der Waals surface area contributed by atoms with E-state index >= 15 is 0 Å². The Morgan fingerprint density at radius 2 is 1.26 bits per heavy atom. The van der Waals surface area contributed by atoms with Gasteiger partial charge >= 0.3 is 0 Å². The molecule has 0 heterocycles. The van der Waals surface area contributed by atoms with Gasteiger partial charge in [0.25, 0.3) is 0 Å². The lowest BCUT2D eigenvalue weighted by Gasteiger charge is -2.10. The van der Waals surface area contributed by atoms with E-state index in [2.05, 4.69) is 6.92 Å². The number of rotatable bonds is 15. The van der Waals surface area contributed by atoms with Crippen LogP contribution in [0.25, 0.3) is 0 Å².